The van der Waals surface area contributed by atoms with Crippen LogP contribution in [0.15, 0.2) is 24.4 Å². The van der Waals surface area contributed by atoms with Crippen LogP contribution in [-0.4, -0.2) is 16.1 Å². The fraction of sp³-hybridized carbons (Fsp3) is 0.200. The first-order valence-electron chi connectivity index (χ1n) is 4.04. The van der Waals surface area contributed by atoms with Crippen LogP contribution in [0.3, 0.4) is 0 Å². The molecular weight excluding hydrogens is 182 g/mol. The summed E-state index contributed by atoms with van der Waals surface area (Å²) in [6.45, 7) is 6.68. The van der Waals surface area contributed by atoms with Gasteiger partial charge in [-0.15, -0.1) is 0 Å². The average Bonchev–Trinajstić information content (AvgIpc) is 2.11. The van der Waals surface area contributed by atoms with Crippen LogP contribution in [0.2, 0.25) is 0 Å². The van der Waals surface area contributed by atoms with E-state index in [4.69, 9.17) is 9.84 Å². The summed E-state index contributed by atoms with van der Waals surface area (Å²) in [5.74, 6) is -0.295. The largest absolute Gasteiger partial charge is 0.506 e. The Morgan fingerprint density at radius 2 is 2.29 bits per heavy atom. The van der Waals surface area contributed by atoms with Crippen LogP contribution >= 0.6 is 0 Å². The van der Waals surface area contributed by atoms with Crippen LogP contribution in [0.25, 0.3) is 0 Å². The number of nitrogens with zero attached hydrogens (tertiary/aromatic N) is 1. The Hall–Kier alpha value is -1.84. The van der Waals surface area contributed by atoms with Gasteiger partial charge < -0.3 is 9.84 Å². The van der Waals surface area contributed by atoms with Crippen LogP contribution < -0.4 is 4.74 Å². The van der Waals surface area contributed by atoms with E-state index in [1.807, 2.05) is 0 Å². The predicted octanol–water partition coefficient (Wildman–Crippen LogP) is 1.58. The second kappa shape index (κ2) is 3.91. The summed E-state index contributed by atoms with van der Waals surface area (Å²) in [4.78, 5) is 14.8. The van der Waals surface area contributed by atoms with Crippen LogP contribution in [0.1, 0.15) is 12.5 Å². The lowest BCUT2D eigenvalue weighted by atomic mass is 10.3. The van der Waals surface area contributed by atoms with Crippen molar-refractivity contribution in [1.82, 2.24) is 4.98 Å². The van der Waals surface area contributed by atoms with Crippen LogP contribution in [0.5, 0.6) is 11.6 Å². The Bertz CT molecular complexity index is 385. The van der Waals surface area contributed by atoms with Gasteiger partial charge in [0, 0.05) is 11.6 Å². The highest BCUT2D eigenvalue weighted by Gasteiger charge is 2.07. The van der Waals surface area contributed by atoms with Gasteiger partial charge in [-0.25, -0.2) is 9.78 Å². The molecule has 0 radical (unpaired) electrons. The zero-order valence-electron chi connectivity index (χ0n) is 8.07. The number of hydrogen-bond acceptors (Lipinski definition) is 4. The fourth-order valence-corrected chi connectivity index (χ4v) is 0.761. The summed E-state index contributed by atoms with van der Waals surface area (Å²) >= 11 is 0. The number of pyridine rings is 1. The molecular formula is C10H11NO3. The molecule has 1 rings (SSSR count). The number of rotatable bonds is 2. The number of carbonyl (C=O) groups excluding carboxylic acids is 1. The first kappa shape index (κ1) is 10.2. The lowest BCUT2D eigenvalue weighted by molar-refractivity contribution is -0.130. The molecule has 1 aromatic rings. The van der Waals surface area contributed by atoms with E-state index in [1.165, 1.54) is 12.3 Å². The average molecular weight is 193 g/mol. The molecule has 0 bridgehead atoms. The van der Waals surface area contributed by atoms with E-state index in [-0.39, 0.29) is 11.6 Å². The quantitative estimate of drug-likeness (QED) is 0.572. The first-order chi connectivity index (χ1) is 6.50. The topological polar surface area (TPSA) is 59.4 Å². The van der Waals surface area contributed by atoms with E-state index in [2.05, 4.69) is 11.6 Å². The highest BCUT2D eigenvalue weighted by molar-refractivity contribution is 5.88. The van der Waals surface area contributed by atoms with Gasteiger partial charge in [-0.3, -0.25) is 0 Å². The third kappa shape index (κ3) is 2.32. The lowest BCUT2D eigenvalue weighted by Gasteiger charge is -2.03. The van der Waals surface area contributed by atoms with Crippen LogP contribution in [0.4, 0.5) is 0 Å². The molecule has 4 nitrogen and oxygen atoms in total. The van der Waals surface area contributed by atoms with Gasteiger partial charge in [0.1, 0.15) is 5.75 Å². The molecule has 0 fully saturated rings. The summed E-state index contributed by atoms with van der Waals surface area (Å²) < 4.78 is 4.85. The van der Waals surface area contributed by atoms with E-state index >= 15 is 0 Å². The summed E-state index contributed by atoms with van der Waals surface area (Å²) in [7, 11) is 0. The minimum Gasteiger partial charge on any atom is -0.506 e. The third-order valence-corrected chi connectivity index (χ3v) is 1.60. The van der Waals surface area contributed by atoms with Gasteiger partial charge in [-0.1, -0.05) is 6.58 Å². The number of aryl methyl sites for hydroxylation is 1. The van der Waals surface area contributed by atoms with Gasteiger partial charge in [-0.2, -0.15) is 0 Å². The van der Waals surface area contributed by atoms with Crippen molar-refractivity contribution in [3.63, 3.8) is 0 Å². The number of ether oxygens (including phenoxy) is 1. The van der Waals surface area contributed by atoms with Gasteiger partial charge in [0.05, 0.1) is 6.20 Å². The second-order valence-electron chi connectivity index (χ2n) is 2.98. The predicted molar refractivity (Wildman–Crippen MR) is 51.1 cm³/mol. The van der Waals surface area contributed by atoms with Gasteiger partial charge >= 0.3 is 5.97 Å². The normalized spacial score (nSPS) is 9.57. The van der Waals surface area contributed by atoms with Gasteiger partial charge in [0.15, 0.2) is 0 Å². The van der Waals surface area contributed by atoms with Crippen molar-refractivity contribution >= 4 is 5.97 Å². The Kier molecular flexibility index (Phi) is 2.86. The van der Waals surface area contributed by atoms with E-state index in [0.29, 0.717) is 11.1 Å². The molecule has 0 spiro atoms. The molecule has 1 N–H and O–H groups in total. The van der Waals surface area contributed by atoms with E-state index in [9.17, 15) is 4.79 Å². The van der Waals surface area contributed by atoms with Gasteiger partial charge in [0.25, 0.3) is 0 Å². The smallest absolute Gasteiger partial charge is 0.339 e. The maximum Gasteiger partial charge on any atom is 0.339 e. The van der Waals surface area contributed by atoms with Crippen molar-refractivity contribution in [3.05, 3.63) is 30.0 Å². The van der Waals surface area contributed by atoms with Crippen LogP contribution in [-0.2, 0) is 4.79 Å². The molecule has 1 aromatic heterocycles. The molecule has 0 aliphatic heterocycles. The highest BCUT2D eigenvalue weighted by Crippen LogP contribution is 2.18. The molecule has 0 aromatic carbocycles. The minimum atomic E-state index is -0.525. The summed E-state index contributed by atoms with van der Waals surface area (Å²) in [6, 6.07) is 1.48. The molecule has 4 heteroatoms. The number of hydrogen-bond donors (Lipinski definition) is 1. The number of aromatic hydroxyl groups is 1. The standard InChI is InChI=1S/C10H11NO3/c1-6(2)10(13)14-9-4-7(3)8(12)5-11-9/h4-5,12H,1H2,2-3H3. The zero-order chi connectivity index (χ0) is 10.7. The molecule has 0 saturated carbocycles. The van der Waals surface area contributed by atoms with Gasteiger partial charge in [-0.05, 0) is 19.4 Å². The van der Waals surface area contributed by atoms with Crippen molar-refractivity contribution in [1.29, 1.82) is 0 Å². The van der Waals surface area contributed by atoms with Crippen molar-refractivity contribution in [3.8, 4) is 11.6 Å². The monoisotopic (exact) mass is 193 g/mol. The number of esters is 1. The summed E-state index contributed by atoms with van der Waals surface area (Å²) in [5, 5.41) is 9.17. The molecule has 1 heterocycles. The third-order valence-electron chi connectivity index (χ3n) is 1.60. The van der Waals surface area contributed by atoms with E-state index in [0.717, 1.165) is 0 Å². The molecule has 0 aliphatic rings. The highest BCUT2D eigenvalue weighted by atomic mass is 16.5. The molecule has 0 unspecified atom stereocenters. The molecule has 74 valence electrons. The maximum absolute atomic E-state index is 11.1. The van der Waals surface area contributed by atoms with Crippen molar-refractivity contribution in [2.45, 2.75) is 13.8 Å². The van der Waals surface area contributed by atoms with Crippen molar-refractivity contribution in [2.24, 2.45) is 0 Å². The van der Waals surface area contributed by atoms with Crippen molar-refractivity contribution in [2.75, 3.05) is 0 Å². The molecule has 0 aliphatic carbocycles. The molecule has 0 saturated heterocycles. The molecule has 0 atom stereocenters. The Labute approximate surface area is 81.9 Å². The lowest BCUT2D eigenvalue weighted by Crippen LogP contribution is -2.09. The SMILES string of the molecule is C=C(C)C(=O)Oc1cc(C)c(O)cn1. The fourth-order valence-electron chi connectivity index (χ4n) is 0.761. The van der Waals surface area contributed by atoms with E-state index in [1.54, 1.807) is 13.8 Å². The Morgan fingerprint density at radius 1 is 1.64 bits per heavy atom. The van der Waals surface area contributed by atoms with Crippen LogP contribution in [0, 0.1) is 6.92 Å². The Morgan fingerprint density at radius 3 is 2.79 bits per heavy atom. The molecule has 14 heavy (non-hydrogen) atoms. The second-order valence-corrected chi connectivity index (χ2v) is 2.98. The maximum atomic E-state index is 11.1. The van der Waals surface area contributed by atoms with E-state index < -0.39 is 5.97 Å². The number of aromatic nitrogens is 1. The Balaban J connectivity index is 2.83. The van der Waals surface area contributed by atoms with Crippen molar-refractivity contribution < 1.29 is 14.6 Å². The molecule has 0 amide bonds. The summed E-state index contributed by atoms with van der Waals surface area (Å²) in [6.07, 6.45) is 1.23. The number of carbonyl (C=O) groups is 1. The van der Waals surface area contributed by atoms with Gasteiger partial charge in [0.2, 0.25) is 5.88 Å². The first-order valence-corrected chi connectivity index (χ1v) is 4.04. The summed E-state index contributed by atoms with van der Waals surface area (Å²) in [5.41, 5.74) is 0.905. The zero-order valence-corrected chi connectivity index (χ0v) is 8.07. The minimum absolute atomic E-state index is 0.0696.